The normalized spacial score (nSPS) is 11.0. The Morgan fingerprint density at radius 2 is 1.81 bits per heavy atom. The van der Waals surface area contributed by atoms with Gasteiger partial charge in [0.1, 0.15) is 22.2 Å². The van der Waals surface area contributed by atoms with E-state index < -0.39 is 11.7 Å². The third kappa shape index (κ3) is 3.91. The number of hydrogen-bond acceptors (Lipinski definition) is 6. The largest absolute Gasteiger partial charge is 0.469 e. The zero-order chi connectivity index (χ0) is 22.3. The van der Waals surface area contributed by atoms with Gasteiger partial charge in [-0.05, 0) is 57.5 Å². The number of amides is 2. The number of anilines is 2. The number of halogens is 1. The van der Waals surface area contributed by atoms with E-state index in [0.29, 0.717) is 27.7 Å². The zero-order valence-corrected chi connectivity index (χ0v) is 18.1. The topological polar surface area (TPSA) is 97.1 Å². The molecule has 4 rings (SSSR count). The van der Waals surface area contributed by atoms with Crippen LogP contribution in [0.4, 0.5) is 15.8 Å². The van der Waals surface area contributed by atoms with E-state index in [-0.39, 0.29) is 11.6 Å². The Morgan fingerprint density at radius 1 is 1.03 bits per heavy atom. The van der Waals surface area contributed by atoms with Crippen molar-refractivity contribution in [3.8, 4) is 0 Å². The van der Waals surface area contributed by atoms with Crippen LogP contribution in [-0.2, 0) is 0 Å². The molecule has 0 unspecified atom stereocenters. The van der Waals surface area contributed by atoms with Gasteiger partial charge in [-0.1, -0.05) is 0 Å². The monoisotopic (exact) mass is 438 g/mol. The molecule has 2 N–H and O–H groups in total. The molecule has 0 atom stereocenters. The van der Waals surface area contributed by atoms with Crippen molar-refractivity contribution in [3.63, 3.8) is 0 Å². The number of fused-ring (bicyclic) bond motifs is 1. The minimum absolute atomic E-state index is 0.0474. The first-order valence-electron chi connectivity index (χ1n) is 9.45. The van der Waals surface area contributed by atoms with Gasteiger partial charge in [-0.15, -0.1) is 11.3 Å². The van der Waals surface area contributed by atoms with Crippen LogP contribution in [0.25, 0.3) is 10.2 Å². The first-order valence-corrected chi connectivity index (χ1v) is 10.3. The molecule has 0 fully saturated rings. The van der Waals surface area contributed by atoms with E-state index in [4.69, 9.17) is 4.42 Å². The zero-order valence-electron chi connectivity index (χ0n) is 17.3. The predicted molar refractivity (Wildman–Crippen MR) is 117 cm³/mol. The SMILES string of the molecule is Cc1nc(C)c2c(C)c(C(=O)Nc3ccc(F)c(NC(=O)c4ccoc4C)c3)sc2n1. The third-order valence-electron chi connectivity index (χ3n) is 4.86. The molecule has 2 amide bonds. The number of nitrogens with zero attached hydrogens (tertiary/aromatic N) is 2. The second kappa shape index (κ2) is 7.92. The fraction of sp³-hybridized carbons (Fsp3) is 0.182. The second-order valence-electron chi connectivity index (χ2n) is 7.09. The molecule has 0 aliphatic rings. The lowest BCUT2D eigenvalue weighted by Gasteiger charge is -2.10. The maximum atomic E-state index is 14.3. The van der Waals surface area contributed by atoms with Crippen LogP contribution in [0.5, 0.6) is 0 Å². The number of aromatic nitrogens is 2. The lowest BCUT2D eigenvalue weighted by molar-refractivity contribution is 0.101. The quantitative estimate of drug-likeness (QED) is 0.459. The van der Waals surface area contributed by atoms with Crippen molar-refractivity contribution >= 4 is 44.7 Å². The van der Waals surface area contributed by atoms with E-state index >= 15 is 0 Å². The van der Waals surface area contributed by atoms with Crippen molar-refractivity contribution in [2.45, 2.75) is 27.7 Å². The second-order valence-corrected chi connectivity index (χ2v) is 8.08. The number of furan rings is 1. The third-order valence-corrected chi connectivity index (χ3v) is 6.05. The number of aryl methyl sites for hydroxylation is 4. The number of hydrogen-bond donors (Lipinski definition) is 2. The van der Waals surface area contributed by atoms with Crippen LogP contribution in [0, 0.1) is 33.5 Å². The van der Waals surface area contributed by atoms with Gasteiger partial charge in [0.05, 0.1) is 22.4 Å². The molecule has 3 aromatic heterocycles. The highest BCUT2D eigenvalue weighted by Gasteiger charge is 2.20. The highest BCUT2D eigenvalue weighted by atomic mass is 32.1. The highest BCUT2D eigenvalue weighted by Crippen LogP contribution is 2.32. The van der Waals surface area contributed by atoms with Crippen LogP contribution in [0.2, 0.25) is 0 Å². The molecule has 3 heterocycles. The van der Waals surface area contributed by atoms with Gasteiger partial charge in [0.15, 0.2) is 0 Å². The van der Waals surface area contributed by atoms with Crippen molar-refractivity contribution in [2.75, 3.05) is 10.6 Å². The summed E-state index contributed by atoms with van der Waals surface area (Å²) in [5.41, 5.74) is 2.22. The molecular formula is C22H19FN4O3S. The summed E-state index contributed by atoms with van der Waals surface area (Å²) < 4.78 is 19.4. The number of carbonyl (C=O) groups excluding carboxylic acids is 2. The molecule has 4 aromatic rings. The molecule has 158 valence electrons. The number of benzene rings is 1. The van der Waals surface area contributed by atoms with Crippen LogP contribution >= 0.6 is 11.3 Å². The number of nitrogens with one attached hydrogen (secondary N) is 2. The number of carbonyl (C=O) groups is 2. The molecule has 0 saturated heterocycles. The van der Waals surface area contributed by atoms with E-state index in [9.17, 15) is 14.0 Å². The Balaban J connectivity index is 1.59. The van der Waals surface area contributed by atoms with Gasteiger partial charge in [0.25, 0.3) is 11.8 Å². The van der Waals surface area contributed by atoms with Gasteiger partial charge >= 0.3 is 0 Å². The summed E-state index contributed by atoms with van der Waals surface area (Å²) in [6, 6.07) is 5.50. The van der Waals surface area contributed by atoms with Gasteiger partial charge in [0, 0.05) is 16.8 Å². The van der Waals surface area contributed by atoms with Gasteiger partial charge in [-0.3, -0.25) is 9.59 Å². The van der Waals surface area contributed by atoms with Gasteiger partial charge < -0.3 is 15.1 Å². The first kappa shape index (κ1) is 20.7. The van der Waals surface area contributed by atoms with Crippen molar-refractivity contribution in [2.24, 2.45) is 0 Å². The molecule has 9 heteroatoms. The van der Waals surface area contributed by atoms with Crippen molar-refractivity contribution in [1.82, 2.24) is 9.97 Å². The average Bonchev–Trinajstić information content (AvgIpc) is 3.27. The minimum atomic E-state index is -0.619. The first-order chi connectivity index (χ1) is 14.7. The smallest absolute Gasteiger partial charge is 0.266 e. The van der Waals surface area contributed by atoms with Crippen molar-refractivity contribution in [3.05, 3.63) is 69.6 Å². The molecule has 7 nitrogen and oxygen atoms in total. The Labute approximate surface area is 181 Å². The maximum absolute atomic E-state index is 14.3. The van der Waals surface area contributed by atoms with Gasteiger partial charge in [-0.25, -0.2) is 14.4 Å². The van der Waals surface area contributed by atoms with Gasteiger partial charge in [-0.2, -0.15) is 0 Å². The highest BCUT2D eigenvalue weighted by molar-refractivity contribution is 7.20. The molecular weight excluding hydrogens is 419 g/mol. The molecule has 0 bridgehead atoms. The lowest BCUT2D eigenvalue weighted by atomic mass is 10.1. The summed E-state index contributed by atoms with van der Waals surface area (Å²) in [6.45, 7) is 7.18. The van der Waals surface area contributed by atoms with Crippen LogP contribution in [0.3, 0.4) is 0 Å². The van der Waals surface area contributed by atoms with Crippen LogP contribution < -0.4 is 10.6 Å². The van der Waals surface area contributed by atoms with Crippen molar-refractivity contribution < 1.29 is 18.4 Å². The summed E-state index contributed by atoms with van der Waals surface area (Å²) in [5.74, 6) is -0.390. The summed E-state index contributed by atoms with van der Waals surface area (Å²) in [5, 5.41) is 6.14. The summed E-state index contributed by atoms with van der Waals surface area (Å²) >= 11 is 1.28. The lowest BCUT2D eigenvalue weighted by Crippen LogP contribution is -2.15. The molecule has 31 heavy (non-hydrogen) atoms. The standard InChI is InChI=1S/C22H19FN4O3S/c1-10-18-11(2)24-13(4)25-22(18)31-19(10)21(29)26-14-5-6-16(23)17(9-14)27-20(28)15-7-8-30-12(15)3/h5-9H,1-4H3,(H,26,29)(H,27,28). The number of thiophene rings is 1. The molecule has 0 aliphatic carbocycles. The van der Waals surface area contributed by atoms with Crippen molar-refractivity contribution in [1.29, 1.82) is 0 Å². The fourth-order valence-electron chi connectivity index (χ4n) is 3.39. The molecule has 1 aromatic carbocycles. The van der Waals surface area contributed by atoms with Crippen LogP contribution in [0.1, 0.15) is 42.9 Å². The Hall–Kier alpha value is -3.59. The predicted octanol–water partition coefficient (Wildman–Crippen LogP) is 5.16. The molecule has 0 radical (unpaired) electrons. The van der Waals surface area contributed by atoms with E-state index in [2.05, 4.69) is 20.6 Å². The maximum Gasteiger partial charge on any atom is 0.266 e. The summed E-state index contributed by atoms with van der Waals surface area (Å²) in [6.07, 6.45) is 1.39. The van der Waals surface area contributed by atoms with Crippen LogP contribution in [0.15, 0.2) is 34.9 Å². The minimum Gasteiger partial charge on any atom is -0.469 e. The van der Waals surface area contributed by atoms with Crippen LogP contribution in [-0.4, -0.2) is 21.8 Å². The van der Waals surface area contributed by atoms with E-state index in [1.807, 2.05) is 13.8 Å². The Bertz CT molecular complexity index is 1340. The summed E-state index contributed by atoms with van der Waals surface area (Å²) in [4.78, 5) is 35.3. The Kier molecular flexibility index (Phi) is 5.28. The molecule has 0 aliphatic heterocycles. The van der Waals surface area contributed by atoms with E-state index in [1.54, 1.807) is 13.8 Å². The average molecular weight is 438 g/mol. The molecule has 0 spiro atoms. The molecule has 0 saturated carbocycles. The number of rotatable bonds is 4. The van der Waals surface area contributed by atoms with E-state index in [0.717, 1.165) is 21.5 Å². The fourth-order valence-corrected chi connectivity index (χ4v) is 4.56. The Morgan fingerprint density at radius 3 is 2.52 bits per heavy atom. The summed E-state index contributed by atoms with van der Waals surface area (Å²) in [7, 11) is 0. The van der Waals surface area contributed by atoms with E-state index in [1.165, 1.54) is 41.9 Å². The van der Waals surface area contributed by atoms with Gasteiger partial charge in [0.2, 0.25) is 0 Å².